The SMILES string of the molecule is COC[C@@H]1CCCN1C(=O)c1cnc(-c2ccccc2)[nH]c1=O. The molecule has 1 saturated heterocycles. The highest BCUT2D eigenvalue weighted by Crippen LogP contribution is 2.19. The van der Waals surface area contributed by atoms with Crippen molar-refractivity contribution < 1.29 is 9.53 Å². The van der Waals surface area contributed by atoms with Crippen molar-refractivity contribution in [2.45, 2.75) is 18.9 Å². The van der Waals surface area contributed by atoms with E-state index in [0.29, 0.717) is 19.0 Å². The Morgan fingerprint density at radius 1 is 1.39 bits per heavy atom. The molecule has 0 spiro atoms. The molecule has 1 aromatic carbocycles. The minimum Gasteiger partial charge on any atom is -0.383 e. The van der Waals surface area contributed by atoms with E-state index in [1.54, 1.807) is 12.0 Å². The van der Waals surface area contributed by atoms with Crippen LogP contribution in [0.15, 0.2) is 41.3 Å². The first-order chi connectivity index (χ1) is 11.2. The van der Waals surface area contributed by atoms with Crippen LogP contribution in [0.5, 0.6) is 0 Å². The third-order valence-corrected chi connectivity index (χ3v) is 4.07. The molecule has 1 atom stereocenters. The number of rotatable bonds is 4. The fourth-order valence-corrected chi connectivity index (χ4v) is 2.91. The van der Waals surface area contributed by atoms with Crippen molar-refractivity contribution >= 4 is 5.91 Å². The highest BCUT2D eigenvalue weighted by molar-refractivity contribution is 5.94. The van der Waals surface area contributed by atoms with Crippen LogP contribution in [0, 0.1) is 0 Å². The van der Waals surface area contributed by atoms with Crippen LogP contribution in [-0.2, 0) is 4.74 Å². The number of ether oxygens (including phenoxy) is 1. The van der Waals surface area contributed by atoms with Crippen LogP contribution in [0.2, 0.25) is 0 Å². The smallest absolute Gasteiger partial charge is 0.264 e. The van der Waals surface area contributed by atoms with E-state index in [2.05, 4.69) is 9.97 Å². The number of aromatic amines is 1. The molecule has 0 radical (unpaired) electrons. The molecule has 1 N–H and O–H groups in total. The average Bonchev–Trinajstić information content (AvgIpc) is 3.03. The predicted molar refractivity (Wildman–Crippen MR) is 86.2 cm³/mol. The van der Waals surface area contributed by atoms with Crippen LogP contribution in [0.1, 0.15) is 23.2 Å². The Morgan fingerprint density at radius 2 is 2.17 bits per heavy atom. The molecule has 1 fully saturated rings. The number of benzene rings is 1. The quantitative estimate of drug-likeness (QED) is 0.932. The van der Waals surface area contributed by atoms with E-state index in [4.69, 9.17) is 4.74 Å². The number of nitrogens with one attached hydrogen (secondary N) is 1. The zero-order valence-corrected chi connectivity index (χ0v) is 13.0. The maximum absolute atomic E-state index is 12.6. The lowest BCUT2D eigenvalue weighted by atomic mass is 10.2. The summed E-state index contributed by atoms with van der Waals surface area (Å²) in [5.74, 6) is 0.180. The van der Waals surface area contributed by atoms with Crippen LogP contribution in [-0.4, -0.2) is 47.1 Å². The molecule has 0 unspecified atom stereocenters. The zero-order valence-electron chi connectivity index (χ0n) is 13.0. The van der Waals surface area contributed by atoms with E-state index < -0.39 is 5.56 Å². The molecule has 0 saturated carbocycles. The minimum atomic E-state index is -0.410. The Kier molecular flexibility index (Phi) is 4.52. The molecule has 0 aliphatic carbocycles. The maximum Gasteiger partial charge on any atom is 0.264 e. The lowest BCUT2D eigenvalue weighted by Gasteiger charge is -2.23. The second-order valence-corrected chi connectivity index (χ2v) is 5.59. The topological polar surface area (TPSA) is 75.3 Å². The fourth-order valence-electron chi connectivity index (χ4n) is 2.91. The first-order valence-corrected chi connectivity index (χ1v) is 7.65. The molecule has 2 aromatic rings. The van der Waals surface area contributed by atoms with Gasteiger partial charge in [-0.1, -0.05) is 30.3 Å². The molecular weight excluding hydrogens is 294 g/mol. The summed E-state index contributed by atoms with van der Waals surface area (Å²) in [6.45, 7) is 1.13. The van der Waals surface area contributed by atoms with Crippen LogP contribution < -0.4 is 5.56 Å². The van der Waals surface area contributed by atoms with Gasteiger partial charge in [-0.25, -0.2) is 4.98 Å². The second-order valence-electron chi connectivity index (χ2n) is 5.59. The van der Waals surface area contributed by atoms with Crippen molar-refractivity contribution in [3.63, 3.8) is 0 Å². The first kappa shape index (κ1) is 15.4. The fraction of sp³-hybridized carbons (Fsp3) is 0.353. The van der Waals surface area contributed by atoms with Crippen molar-refractivity contribution in [1.82, 2.24) is 14.9 Å². The van der Waals surface area contributed by atoms with Gasteiger partial charge in [0.2, 0.25) is 0 Å². The third-order valence-electron chi connectivity index (χ3n) is 4.07. The van der Waals surface area contributed by atoms with Crippen molar-refractivity contribution in [2.24, 2.45) is 0 Å². The molecular formula is C17H19N3O3. The lowest BCUT2D eigenvalue weighted by molar-refractivity contribution is 0.0628. The molecule has 0 bridgehead atoms. The van der Waals surface area contributed by atoms with Gasteiger partial charge in [-0.15, -0.1) is 0 Å². The van der Waals surface area contributed by atoms with E-state index in [1.165, 1.54) is 6.20 Å². The summed E-state index contributed by atoms with van der Waals surface area (Å²) in [5, 5.41) is 0. The van der Waals surface area contributed by atoms with Crippen molar-refractivity contribution in [3.05, 3.63) is 52.4 Å². The van der Waals surface area contributed by atoms with Crippen molar-refractivity contribution in [3.8, 4) is 11.4 Å². The van der Waals surface area contributed by atoms with Gasteiger partial charge in [-0.05, 0) is 12.8 Å². The van der Waals surface area contributed by atoms with Gasteiger partial charge < -0.3 is 14.6 Å². The molecule has 1 amide bonds. The standard InChI is InChI=1S/C17H19N3O3/c1-23-11-13-8-5-9-20(13)17(22)14-10-18-15(19-16(14)21)12-6-3-2-4-7-12/h2-4,6-7,10,13H,5,8-9,11H2,1H3,(H,18,19,21)/t13-/m0/s1. The van der Waals surface area contributed by atoms with Gasteiger partial charge >= 0.3 is 0 Å². The number of aromatic nitrogens is 2. The Bertz CT molecular complexity index is 742. The normalized spacial score (nSPS) is 17.4. The Hall–Kier alpha value is -2.47. The van der Waals surface area contributed by atoms with E-state index in [9.17, 15) is 9.59 Å². The van der Waals surface area contributed by atoms with Gasteiger partial charge in [0, 0.05) is 25.4 Å². The van der Waals surface area contributed by atoms with Crippen LogP contribution >= 0.6 is 0 Å². The number of methoxy groups -OCH3 is 1. The van der Waals surface area contributed by atoms with Crippen LogP contribution in [0.3, 0.4) is 0 Å². The number of amides is 1. The number of carbonyl (C=O) groups excluding carboxylic acids is 1. The number of H-pyrrole nitrogens is 1. The number of carbonyl (C=O) groups is 1. The van der Waals surface area contributed by atoms with Crippen molar-refractivity contribution in [2.75, 3.05) is 20.3 Å². The largest absolute Gasteiger partial charge is 0.383 e. The molecule has 1 aliphatic rings. The van der Waals surface area contributed by atoms with Gasteiger partial charge in [0.15, 0.2) is 0 Å². The van der Waals surface area contributed by atoms with E-state index in [-0.39, 0.29) is 17.5 Å². The van der Waals surface area contributed by atoms with Crippen LogP contribution in [0.4, 0.5) is 0 Å². The van der Waals surface area contributed by atoms with Gasteiger partial charge in [0.25, 0.3) is 11.5 Å². The molecule has 23 heavy (non-hydrogen) atoms. The maximum atomic E-state index is 12.6. The second kappa shape index (κ2) is 6.75. The van der Waals surface area contributed by atoms with Gasteiger partial charge in [-0.2, -0.15) is 0 Å². The van der Waals surface area contributed by atoms with Gasteiger partial charge in [0.05, 0.1) is 12.6 Å². The molecule has 3 rings (SSSR count). The van der Waals surface area contributed by atoms with E-state index in [0.717, 1.165) is 18.4 Å². The number of nitrogens with zero attached hydrogens (tertiary/aromatic N) is 2. The molecule has 1 aromatic heterocycles. The average molecular weight is 313 g/mol. The summed E-state index contributed by atoms with van der Waals surface area (Å²) < 4.78 is 5.15. The summed E-state index contributed by atoms with van der Waals surface area (Å²) in [6.07, 6.45) is 3.19. The highest BCUT2D eigenvalue weighted by atomic mass is 16.5. The molecule has 6 nitrogen and oxygen atoms in total. The highest BCUT2D eigenvalue weighted by Gasteiger charge is 2.30. The monoisotopic (exact) mass is 313 g/mol. The Morgan fingerprint density at radius 3 is 2.87 bits per heavy atom. The Balaban J connectivity index is 1.86. The molecule has 120 valence electrons. The number of likely N-dealkylation sites (tertiary alicyclic amines) is 1. The summed E-state index contributed by atoms with van der Waals surface area (Å²) in [4.78, 5) is 33.6. The number of hydrogen-bond donors (Lipinski definition) is 1. The van der Waals surface area contributed by atoms with Gasteiger partial charge in [-0.3, -0.25) is 9.59 Å². The van der Waals surface area contributed by atoms with Crippen LogP contribution in [0.25, 0.3) is 11.4 Å². The van der Waals surface area contributed by atoms with E-state index in [1.807, 2.05) is 30.3 Å². The summed E-state index contributed by atoms with van der Waals surface area (Å²) in [5.41, 5.74) is 0.474. The molecule has 1 aliphatic heterocycles. The minimum absolute atomic E-state index is 0.0284. The summed E-state index contributed by atoms with van der Waals surface area (Å²) in [6, 6.07) is 9.37. The zero-order chi connectivity index (χ0) is 16.2. The van der Waals surface area contributed by atoms with E-state index >= 15 is 0 Å². The Labute approximate surface area is 134 Å². The lowest BCUT2D eigenvalue weighted by Crippen LogP contribution is -2.40. The number of hydrogen-bond acceptors (Lipinski definition) is 4. The molecule has 6 heteroatoms. The van der Waals surface area contributed by atoms with Gasteiger partial charge in [0.1, 0.15) is 11.4 Å². The van der Waals surface area contributed by atoms with Crippen molar-refractivity contribution in [1.29, 1.82) is 0 Å². The first-order valence-electron chi connectivity index (χ1n) is 7.65. The predicted octanol–water partition coefficient (Wildman–Crippen LogP) is 1.69. The summed E-state index contributed by atoms with van der Waals surface area (Å²) in [7, 11) is 1.62. The third kappa shape index (κ3) is 3.17. The summed E-state index contributed by atoms with van der Waals surface area (Å²) >= 11 is 0. The molecule has 2 heterocycles.